The van der Waals surface area contributed by atoms with E-state index in [1.807, 2.05) is 6.20 Å². The predicted octanol–water partition coefficient (Wildman–Crippen LogP) is 2.11. The molecular formula is C16H28N4. The fourth-order valence-electron chi connectivity index (χ4n) is 2.61. The van der Waals surface area contributed by atoms with E-state index >= 15 is 0 Å². The number of hydrogen-bond donors (Lipinski definition) is 1. The van der Waals surface area contributed by atoms with Crippen LogP contribution in [0.1, 0.15) is 32.9 Å². The van der Waals surface area contributed by atoms with Crippen molar-refractivity contribution in [1.29, 1.82) is 0 Å². The number of aromatic nitrogens is 1. The van der Waals surface area contributed by atoms with Gasteiger partial charge in [0, 0.05) is 43.6 Å². The highest BCUT2D eigenvalue weighted by atomic mass is 15.3. The zero-order valence-corrected chi connectivity index (χ0v) is 13.3. The van der Waals surface area contributed by atoms with Crippen molar-refractivity contribution in [2.75, 3.05) is 38.1 Å². The van der Waals surface area contributed by atoms with Crippen molar-refractivity contribution in [1.82, 2.24) is 15.2 Å². The number of nitrogens with one attached hydrogen (secondary N) is 1. The maximum Gasteiger partial charge on any atom is 0.0562 e. The van der Waals surface area contributed by atoms with Crippen molar-refractivity contribution in [2.45, 2.75) is 39.3 Å². The highest BCUT2D eigenvalue weighted by molar-refractivity contribution is 5.47. The van der Waals surface area contributed by atoms with Gasteiger partial charge in [0.1, 0.15) is 0 Å². The smallest absolute Gasteiger partial charge is 0.0562 e. The normalized spacial score (nSPS) is 19.3. The lowest BCUT2D eigenvalue weighted by Crippen LogP contribution is -2.57. The van der Waals surface area contributed by atoms with Crippen molar-refractivity contribution >= 4 is 5.69 Å². The molecule has 1 aliphatic rings. The SMILES string of the molecule is CCCNCc1cc(N2CCN(C)C(C)(C)C2)ccn1. The van der Waals surface area contributed by atoms with E-state index in [1.54, 1.807) is 0 Å². The number of pyridine rings is 1. The third-order valence-corrected chi connectivity index (χ3v) is 4.21. The van der Waals surface area contributed by atoms with E-state index in [4.69, 9.17) is 0 Å². The average Bonchev–Trinajstić information content (AvgIpc) is 2.42. The van der Waals surface area contributed by atoms with Gasteiger partial charge < -0.3 is 10.2 Å². The van der Waals surface area contributed by atoms with Crippen molar-refractivity contribution < 1.29 is 0 Å². The number of piperazine rings is 1. The summed E-state index contributed by atoms with van der Waals surface area (Å²) < 4.78 is 0. The second-order valence-electron chi connectivity index (χ2n) is 6.34. The van der Waals surface area contributed by atoms with Gasteiger partial charge in [0.05, 0.1) is 5.69 Å². The lowest BCUT2D eigenvalue weighted by molar-refractivity contribution is 0.139. The quantitative estimate of drug-likeness (QED) is 0.835. The molecule has 0 aromatic carbocycles. The lowest BCUT2D eigenvalue weighted by atomic mass is 9.99. The first kappa shape index (κ1) is 15.3. The Bertz CT molecular complexity index is 430. The first-order valence-electron chi connectivity index (χ1n) is 7.65. The van der Waals surface area contributed by atoms with Crippen molar-refractivity contribution in [3.63, 3.8) is 0 Å². The molecule has 1 N–H and O–H groups in total. The van der Waals surface area contributed by atoms with Crippen LogP contribution >= 0.6 is 0 Å². The van der Waals surface area contributed by atoms with Crippen molar-refractivity contribution in [2.24, 2.45) is 0 Å². The van der Waals surface area contributed by atoms with E-state index in [0.717, 1.165) is 44.8 Å². The van der Waals surface area contributed by atoms with Crippen LogP contribution < -0.4 is 10.2 Å². The molecule has 0 atom stereocenters. The van der Waals surface area contributed by atoms with E-state index < -0.39 is 0 Å². The average molecular weight is 276 g/mol. The number of nitrogens with zero attached hydrogens (tertiary/aromatic N) is 3. The van der Waals surface area contributed by atoms with Crippen LogP contribution in [0.15, 0.2) is 18.3 Å². The second-order valence-corrected chi connectivity index (χ2v) is 6.34. The van der Waals surface area contributed by atoms with Gasteiger partial charge in [0.2, 0.25) is 0 Å². The minimum Gasteiger partial charge on any atom is -0.368 e. The summed E-state index contributed by atoms with van der Waals surface area (Å²) in [5.41, 5.74) is 2.66. The molecular weight excluding hydrogens is 248 g/mol. The zero-order valence-electron chi connectivity index (χ0n) is 13.3. The van der Waals surface area contributed by atoms with Crippen LogP contribution in [0.2, 0.25) is 0 Å². The molecule has 0 amide bonds. The Hall–Kier alpha value is -1.13. The summed E-state index contributed by atoms with van der Waals surface area (Å²) in [6.07, 6.45) is 3.09. The molecule has 112 valence electrons. The van der Waals surface area contributed by atoms with E-state index in [-0.39, 0.29) is 5.54 Å². The molecule has 1 aliphatic heterocycles. The third-order valence-electron chi connectivity index (χ3n) is 4.21. The van der Waals surface area contributed by atoms with E-state index in [2.05, 4.69) is 60.1 Å². The Morgan fingerprint density at radius 2 is 2.15 bits per heavy atom. The molecule has 0 saturated carbocycles. The number of hydrogen-bond acceptors (Lipinski definition) is 4. The van der Waals surface area contributed by atoms with Crippen LogP contribution in [-0.4, -0.2) is 48.6 Å². The van der Waals surface area contributed by atoms with Crippen molar-refractivity contribution in [3.05, 3.63) is 24.0 Å². The standard InChI is InChI=1S/C16H28N4/c1-5-7-17-12-14-11-15(6-8-18-14)20-10-9-19(4)16(2,3)13-20/h6,8,11,17H,5,7,9-10,12-13H2,1-4H3. The molecule has 2 rings (SSSR count). The van der Waals surface area contributed by atoms with Gasteiger partial charge in [-0.25, -0.2) is 0 Å². The van der Waals surface area contributed by atoms with Gasteiger partial charge in [-0.05, 0) is 46.0 Å². The summed E-state index contributed by atoms with van der Waals surface area (Å²) >= 11 is 0. The van der Waals surface area contributed by atoms with Gasteiger partial charge >= 0.3 is 0 Å². The van der Waals surface area contributed by atoms with E-state index in [9.17, 15) is 0 Å². The van der Waals surface area contributed by atoms with Crippen LogP contribution in [0.5, 0.6) is 0 Å². The van der Waals surface area contributed by atoms with Gasteiger partial charge in [0.15, 0.2) is 0 Å². The molecule has 1 fully saturated rings. The minimum atomic E-state index is 0.224. The molecule has 4 heteroatoms. The number of likely N-dealkylation sites (N-methyl/N-ethyl adjacent to an activating group) is 1. The van der Waals surface area contributed by atoms with Crippen LogP contribution in [0.3, 0.4) is 0 Å². The summed E-state index contributed by atoms with van der Waals surface area (Å²) in [6, 6.07) is 4.36. The molecule has 1 aromatic heterocycles. The highest BCUT2D eigenvalue weighted by Gasteiger charge is 2.31. The molecule has 4 nitrogen and oxygen atoms in total. The summed E-state index contributed by atoms with van der Waals surface area (Å²) in [5, 5.41) is 3.42. The molecule has 1 aromatic rings. The maximum atomic E-state index is 4.46. The molecule has 0 spiro atoms. The topological polar surface area (TPSA) is 31.4 Å². The Balaban J connectivity index is 2.03. The highest BCUT2D eigenvalue weighted by Crippen LogP contribution is 2.24. The zero-order chi connectivity index (χ0) is 14.6. The van der Waals surface area contributed by atoms with Gasteiger partial charge in [-0.15, -0.1) is 0 Å². The Morgan fingerprint density at radius 1 is 1.35 bits per heavy atom. The third kappa shape index (κ3) is 3.70. The lowest BCUT2D eigenvalue weighted by Gasteiger charge is -2.46. The van der Waals surface area contributed by atoms with Crippen LogP contribution in [0.25, 0.3) is 0 Å². The molecule has 0 unspecified atom stereocenters. The Labute approximate surface area is 123 Å². The molecule has 20 heavy (non-hydrogen) atoms. The molecule has 2 heterocycles. The van der Waals surface area contributed by atoms with Gasteiger partial charge in [-0.1, -0.05) is 6.92 Å². The van der Waals surface area contributed by atoms with E-state index in [0.29, 0.717) is 0 Å². The van der Waals surface area contributed by atoms with Gasteiger partial charge in [-0.2, -0.15) is 0 Å². The summed E-state index contributed by atoms with van der Waals surface area (Å²) in [6.45, 7) is 12.0. The largest absolute Gasteiger partial charge is 0.368 e. The summed E-state index contributed by atoms with van der Waals surface area (Å²) in [7, 11) is 2.21. The fraction of sp³-hybridized carbons (Fsp3) is 0.688. The summed E-state index contributed by atoms with van der Waals surface area (Å²) in [4.78, 5) is 9.37. The predicted molar refractivity (Wildman–Crippen MR) is 85.2 cm³/mol. The number of anilines is 1. The van der Waals surface area contributed by atoms with Crippen LogP contribution in [0.4, 0.5) is 5.69 Å². The van der Waals surface area contributed by atoms with Crippen LogP contribution in [-0.2, 0) is 6.54 Å². The maximum absolute atomic E-state index is 4.46. The molecule has 0 bridgehead atoms. The molecule has 0 aliphatic carbocycles. The molecule has 1 saturated heterocycles. The fourth-order valence-corrected chi connectivity index (χ4v) is 2.61. The first-order valence-corrected chi connectivity index (χ1v) is 7.65. The second kappa shape index (κ2) is 6.55. The number of rotatable bonds is 5. The van der Waals surface area contributed by atoms with Crippen molar-refractivity contribution in [3.8, 4) is 0 Å². The molecule has 0 radical (unpaired) electrons. The first-order chi connectivity index (χ1) is 9.53. The minimum absolute atomic E-state index is 0.224. The summed E-state index contributed by atoms with van der Waals surface area (Å²) in [5.74, 6) is 0. The van der Waals surface area contributed by atoms with E-state index in [1.165, 1.54) is 5.69 Å². The van der Waals surface area contributed by atoms with Crippen LogP contribution in [0, 0.1) is 0 Å². The Kier molecular flexibility index (Phi) is 5.00. The van der Waals surface area contributed by atoms with Gasteiger partial charge in [0.25, 0.3) is 0 Å². The van der Waals surface area contributed by atoms with Gasteiger partial charge in [-0.3, -0.25) is 9.88 Å². The Morgan fingerprint density at radius 3 is 2.85 bits per heavy atom. The monoisotopic (exact) mass is 276 g/mol.